The lowest BCUT2D eigenvalue weighted by Crippen LogP contribution is -2.45. The summed E-state index contributed by atoms with van der Waals surface area (Å²) < 4.78 is 19.7. The Bertz CT molecular complexity index is 766. The van der Waals surface area contributed by atoms with E-state index < -0.39 is 23.7 Å². The van der Waals surface area contributed by atoms with Gasteiger partial charge in [0.2, 0.25) is 0 Å². The summed E-state index contributed by atoms with van der Waals surface area (Å²) in [7, 11) is 0. The van der Waals surface area contributed by atoms with E-state index in [2.05, 4.69) is 26.6 Å². The van der Waals surface area contributed by atoms with Crippen molar-refractivity contribution in [2.75, 3.05) is 10.6 Å². The summed E-state index contributed by atoms with van der Waals surface area (Å²) in [5, 5.41) is 4.92. The second kappa shape index (κ2) is 5.76. The average Bonchev–Trinajstić information content (AvgIpc) is 2.49. The van der Waals surface area contributed by atoms with Gasteiger partial charge in [-0.3, -0.25) is 9.59 Å². The third kappa shape index (κ3) is 2.80. The van der Waals surface area contributed by atoms with Gasteiger partial charge in [-0.05, 0) is 30.3 Å². The molecule has 0 spiro atoms. The highest BCUT2D eigenvalue weighted by Crippen LogP contribution is 2.29. The molecule has 0 saturated heterocycles. The average molecular weight is 365 g/mol. The van der Waals surface area contributed by atoms with Crippen LogP contribution >= 0.6 is 15.9 Å². The van der Waals surface area contributed by atoms with Gasteiger partial charge in [0.15, 0.2) is 0 Å². The Kier molecular flexibility index (Phi) is 3.81. The van der Waals surface area contributed by atoms with Crippen molar-refractivity contribution >= 4 is 39.1 Å². The van der Waals surface area contributed by atoms with E-state index in [1.807, 2.05) is 0 Å². The Morgan fingerprint density at radius 1 is 1.27 bits per heavy atom. The zero-order valence-electron chi connectivity index (χ0n) is 11.1. The minimum atomic E-state index is -1.38. The van der Waals surface area contributed by atoms with Crippen LogP contribution in [-0.4, -0.2) is 17.9 Å². The zero-order valence-corrected chi connectivity index (χ0v) is 12.7. The van der Waals surface area contributed by atoms with Gasteiger partial charge in [0.25, 0.3) is 17.9 Å². The Balaban J connectivity index is 1.79. The van der Waals surface area contributed by atoms with Crippen molar-refractivity contribution in [1.82, 2.24) is 0 Å². The standard InChI is InChI=1S/C15H10BrFN2O3/c16-8-5-6-10(9(17)7-8)18-14(20)13-15(21)19-11-3-1-2-4-12(11)22-13/h1-7,13H,(H,18,20)(H,19,21)/t13-/m1/s1. The molecule has 0 unspecified atom stereocenters. The number of fused-ring (bicyclic) bond motifs is 1. The van der Waals surface area contributed by atoms with Crippen LogP contribution in [0, 0.1) is 5.82 Å². The molecule has 2 amide bonds. The van der Waals surface area contributed by atoms with Gasteiger partial charge in [0.1, 0.15) is 11.6 Å². The highest BCUT2D eigenvalue weighted by molar-refractivity contribution is 9.10. The smallest absolute Gasteiger partial charge is 0.275 e. The maximum absolute atomic E-state index is 13.7. The number of rotatable bonds is 2. The number of hydrogen-bond donors (Lipinski definition) is 2. The minimum absolute atomic E-state index is 0.0246. The van der Waals surface area contributed by atoms with E-state index in [1.54, 1.807) is 30.3 Å². The molecular formula is C15H10BrFN2O3. The van der Waals surface area contributed by atoms with Crippen LogP contribution in [-0.2, 0) is 9.59 Å². The first-order valence-electron chi connectivity index (χ1n) is 6.37. The molecule has 1 aliphatic rings. The van der Waals surface area contributed by atoms with Gasteiger partial charge in [0, 0.05) is 4.47 Å². The summed E-state index contributed by atoms with van der Waals surface area (Å²) >= 11 is 3.13. The molecule has 2 aromatic rings. The molecule has 0 saturated carbocycles. The molecule has 3 rings (SSSR count). The highest BCUT2D eigenvalue weighted by atomic mass is 79.9. The summed E-state index contributed by atoms with van der Waals surface area (Å²) in [5.74, 6) is -1.57. The van der Waals surface area contributed by atoms with Crippen LogP contribution in [0.2, 0.25) is 0 Å². The topological polar surface area (TPSA) is 67.4 Å². The van der Waals surface area contributed by atoms with E-state index in [4.69, 9.17) is 4.74 Å². The number of nitrogens with one attached hydrogen (secondary N) is 2. The molecule has 2 aromatic carbocycles. The van der Waals surface area contributed by atoms with Crippen molar-refractivity contribution in [2.45, 2.75) is 6.10 Å². The summed E-state index contributed by atoms with van der Waals surface area (Å²) in [4.78, 5) is 24.1. The van der Waals surface area contributed by atoms with Gasteiger partial charge in [0.05, 0.1) is 11.4 Å². The van der Waals surface area contributed by atoms with Gasteiger partial charge < -0.3 is 15.4 Å². The quantitative estimate of drug-likeness (QED) is 0.805. The summed E-state index contributed by atoms with van der Waals surface area (Å²) in [6.45, 7) is 0. The molecule has 22 heavy (non-hydrogen) atoms. The van der Waals surface area contributed by atoms with Gasteiger partial charge >= 0.3 is 0 Å². The fourth-order valence-electron chi connectivity index (χ4n) is 2.01. The highest BCUT2D eigenvalue weighted by Gasteiger charge is 2.34. The van der Waals surface area contributed by atoms with E-state index in [0.29, 0.717) is 15.9 Å². The van der Waals surface area contributed by atoms with Crippen molar-refractivity contribution < 1.29 is 18.7 Å². The summed E-state index contributed by atoms with van der Waals surface area (Å²) in [6.07, 6.45) is -1.38. The molecule has 0 aromatic heterocycles. The fourth-order valence-corrected chi connectivity index (χ4v) is 2.35. The van der Waals surface area contributed by atoms with Crippen LogP contribution in [0.15, 0.2) is 46.9 Å². The molecule has 0 fully saturated rings. The van der Waals surface area contributed by atoms with E-state index in [9.17, 15) is 14.0 Å². The van der Waals surface area contributed by atoms with Crippen molar-refractivity contribution in [3.63, 3.8) is 0 Å². The number of hydrogen-bond acceptors (Lipinski definition) is 3. The van der Waals surface area contributed by atoms with Gasteiger partial charge in [-0.15, -0.1) is 0 Å². The van der Waals surface area contributed by atoms with E-state index in [-0.39, 0.29) is 5.69 Å². The summed E-state index contributed by atoms with van der Waals surface area (Å²) in [5.41, 5.74) is 0.467. The normalized spacial score (nSPS) is 16.3. The van der Waals surface area contributed by atoms with E-state index in [1.165, 1.54) is 12.1 Å². The van der Waals surface area contributed by atoms with Crippen molar-refractivity contribution in [1.29, 1.82) is 0 Å². The van der Waals surface area contributed by atoms with Crippen LogP contribution < -0.4 is 15.4 Å². The lowest BCUT2D eigenvalue weighted by atomic mass is 10.2. The molecule has 5 nitrogen and oxygen atoms in total. The molecular weight excluding hydrogens is 355 g/mol. The number of para-hydroxylation sites is 2. The fraction of sp³-hybridized carbons (Fsp3) is 0.0667. The van der Waals surface area contributed by atoms with Gasteiger partial charge in [-0.25, -0.2) is 4.39 Å². The first kappa shape index (κ1) is 14.5. The second-order valence-corrected chi connectivity index (χ2v) is 5.51. The van der Waals surface area contributed by atoms with E-state index >= 15 is 0 Å². The Labute approximate surface area is 133 Å². The van der Waals surface area contributed by atoms with E-state index in [0.717, 1.165) is 0 Å². The molecule has 1 heterocycles. The van der Waals surface area contributed by atoms with Gasteiger partial charge in [-0.1, -0.05) is 28.1 Å². The number of anilines is 2. The summed E-state index contributed by atoms with van der Waals surface area (Å²) in [6, 6.07) is 10.9. The number of halogens is 2. The Morgan fingerprint density at radius 2 is 2.05 bits per heavy atom. The predicted molar refractivity (Wildman–Crippen MR) is 82.2 cm³/mol. The second-order valence-electron chi connectivity index (χ2n) is 4.60. The monoisotopic (exact) mass is 364 g/mol. The molecule has 7 heteroatoms. The molecule has 0 radical (unpaired) electrons. The van der Waals surface area contributed by atoms with Crippen LogP contribution in [0.4, 0.5) is 15.8 Å². The van der Waals surface area contributed by atoms with Crippen LogP contribution in [0.1, 0.15) is 0 Å². The maximum Gasteiger partial charge on any atom is 0.275 e. The molecule has 112 valence electrons. The van der Waals surface area contributed by atoms with Crippen LogP contribution in [0.3, 0.4) is 0 Å². The molecule has 0 aliphatic carbocycles. The van der Waals surface area contributed by atoms with Crippen LogP contribution in [0.5, 0.6) is 5.75 Å². The zero-order chi connectivity index (χ0) is 15.7. The maximum atomic E-state index is 13.7. The Hall–Kier alpha value is -2.41. The molecule has 0 bridgehead atoms. The number of carbonyl (C=O) groups is 2. The number of carbonyl (C=O) groups excluding carboxylic acids is 2. The lowest BCUT2D eigenvalue weighted by Gasteiger charge is -2.24. The largest absolute Gasteiger partial charge is 0.468 e. The predicted octanol–water partition coefficient (Wildman–Crippen LogP) is 2.93. The number of ether oxygens (including phenoxy) is 1. The number of benzene rings is 2. The molecule has 2 N–H and O–H groups in total. The van der Waals surface area contributed by atoms with Crippen molar-refractivity contribution in [2.24, 2.45) is 0 Å². The Morgan fingerprint density at radius 3 is 2.82 bits per heavy atom. The SMILES string of the molecule is O=C(Nc1ccc(Br)cc1F)[C@H]1Oc2ccccc2NC1=O. The molecule has 1 aliphatic heterocycles. The lowest BCUT2D eigenvalue weighted by molar-refractivity contribution is -0.133. The van der Waals surface area contributed by atoms with Crippen molar-refractivity contribution in [3.05, 3.63) is 52.8 Å². The third-order valence-electron chi connectivity index (χ3n) is 3.06. The van der Waals surface area contributed by atoms with Gasteiger partial charge in [-0.2, -0.15) is 0 Å². The first-order valence-corrected chi connectivity index (χ1v) is 7.16. The third-order valence-corrected chi connectivity index (χ3v) is 3.55. The number of amides is 2. The first-order chi connectivity index (χ1) is 10.5. The van der Waals surface area contributed by atoms with Crippen molar-refractivity contribution in [3.8, 4) is 5.75 Å². The molecule has 1 atom stereocenters. The minimum Gasteiger partial charge on any atom is -0.468 e. The van der Waals surface area contributed by atoms with Crippen LogP contribution in [0.25, 0.3) is 0 Å².